The molecule has 30 heavy (non-hydrogen) atoms. The largest absolute Gasteiger partial charge is 0.441 e. The number of carbonyl (C=O) groups excluding carboxylic acids is 1. The van der Waals surface area contributed by atoms with Crippen LogP contribution in [-0.4, -0.2) is 40.4 Å². The number of aryl methyl sites for hydroxylation is 1. The molecule has 1 amide bonds. The highest BCUT2D eigenvalue weighted by Crippen LogP contribution is 2.28. The van der Waals surface area contributed by atoms with Gasteiger partial charge in [-0.1, -0.05) is 19.3 Å². The van der Waals surface area contributed by atoms with E-state index in [-0.39, 0.29) is 5.91 Å². The van der Waals surface area contributed by atoms with Gasteiger partial charge in [0.1, 0.15) is 5.76 Å². The molecule has 1 aliphatic carbocycles. The van der Waals surface area contributed by atoms with Gasteiger partial charge in [-0.2, -0.15) is 11.8 Å². The molecular formula is C23H32N2O2S3. The smallest absolute Gasteiger partial charge is 0.230 e. The van der Waals surface area contributed by atoms with Crippen LogP contribution in [-0.2, 0) is 10.5 Å². The SMILES string of the molecule is CSc1ccc(-c2nc(CSCC(=O)NCCCSC3CCCCC3)c(C)o2)cc1. The second-order valence-electron chi connectivity index (χ2n) is 7.58. The summed E-state index contributed by atoms with van der Waals surface area (Å²) in [6.07, 6.45) is 10.1. The first kappa shape index (κ1) is 23.6. The van der Waals surface area contributed by atoms with E-state index in [4.69, 9.17) is 4.42 Å². The standard InChI is InChI=1S/C23H32N2O2S3/c1-17-21(25-23(27-17)18-9-11-19(28-2)12-10-18)15-29-16-22(26)24-13-6-14-30-20-7-4-3-5-8-20/h9-12,20H,3-8,13-16H2,1-2H3,(H,24,26). The number of hydrogen-bond donors (Lipinski definition) is 1. The first-order chi connectivity index (χ1) is 14.7. The van der Waals surface area contributed by atoms with Crippen molar-refractivity contribution in [3.63, 3.8) is 0 Å². The summed E-state index contributed by atoms with van der Waals surface area (Å²) in [6.45, 7) is 2.71. The molecule has 7 heteroatoms. The molecule has 3 rings (SSSR count). The number of hydrogen-bond acceptors (Lipinski definition) is 6. The van der Waals surface area contributed by atoms with Crippen LogP contribution >= 0.6 is 35.3 Å². The molecule has 1 aromatic carbocycles. The topological polar surface area (TPSA) is 55.1 Å². The summed E-state index contributed by atoms with van der Waals surface area (Å²) in [5, 5.41) is 3.90. The van der Waals surface area contributed by atoms with Crippen LogP contribution in [0.3, 0.4) is 0 Å². The third-order valence-electron chi connectivity index (χ3n) is 5.25. The number of nitrogens with zero attached hydrogens (tertiary/aromatic N) is 1. The molecule has 0 aliphatic heterocycles. The molecule has 0 saturated heterocycles. The summed E-state index contributed by atoms with van der Waals surface area (Å²) in [7, 11) is 0. The predicted molar refractivity (Wildman–Crippen MR) is 132 cm³/mol. The average molecular weight is 465 g/mol. The van der Waals surface area contributed by atoms with E-state index in [1.807, 2.05) is 19.1 Å². The predicted octanol–water partition coefficient (Wildman–Crippen LogP) is 6.18. The van der Waals surface area contributed by atoms with Crippen LogP contribution < -0.4 is 5.32 Å². The average Bonchev–Trinajstić information content (AvgIpc) is 3.15. The summed E-state index contributed by atoms with van der Waals surface area (Å²) < 4.78 is 5.84. The third-order valence-corrected chi connectivity index (χ3v) is 8.41. The summed E-state index contributed by atoms with van der Waals surface area (Å²) in [5.74, 6) is 3.87. The Bertz CT molecular complexity index is 786. The van der Waals surface area contributed by atoms with Crippen molar-refractivity contribution in [3.05, 3.63) is 35.7 Å². The molecule has 4 nitrogen and oxygen atoms in total. The molecule has 1 aromatic heterocycles. The van der Waals surface area contributed by atoms with Gasteiger partial charge in [0.15, 0.2) is 0 Å². The van der Waals surface area contributed by atoms with Gasteiger partial charge in [-0.25, -0.2) is 4.98 Å². The van der Waals surface area contributed by atoms with Crippen molar-refractivity contribution in [2.24, 2.45) is 0 Å². The summed E-state index contributed by atoms with van der Waals surface area (Å²) in [5.41, 5.74) is 1.90. The Balaban J connectivity index is 1.32. The second-order valence-corrected chi connectivity index (χ2v) is 10.9. The lowest BCUT2D eigenvalue weighted by Gasteiger charge is -2.20. The van der Waals surface area contributed by atoms with Crippen molar-refractivity contribution in [3.8, 4) is 11.5 Å². The molecule has 1 heterocycles. The van der Waals surface area contributed by atoms with Gasteiger partial charge in [0.05, 0.1) is 11.4 Å². The highest BCUT2D eigenvalue weighted by atomic mass is 32.2. The van der Waals surface area contributed by atoms with Crippen molar-refractivity contribution in [2.45, 2.75) is 61.3 Å². The van der Waals surface area contributed by atoms with Crippen LogP contribution in [0.5, 0.6) is 0 Å². The minimum atomic E-state index is 0.108. The molecule has 0 atom stereocenters. The zero-order valence-corrected chi connectivity index (χ0v) is 20.4. The van der Waals surface area contributed by atoms with Gasteiger partial charge in [0, 0.05) is 28.0 Å². The molecular weight excluding hydrogens is 432 g/mol. The molecule has 2 aromatic rings. The summed E-state index contributed by atoms with van der Waals surface area (Å²) in [4.78, 5) is 17.9. The Hall–Kier alpha value is -1.05. The van der Waals surface area contributed by atoms with E-state index in [9.17, 15) is 4.79 Å². The van der Waals surface area contributed by atoms with Crippen molar-refractivity contribution in [1.82, 2.24) is 10.3 Å². The normalized spacial score (nSPS) is 14.7. The molecule has 0 bridgehead atoms. The van der Waals surface area contributed by atoms with Crippen molar-refractivity contribution in [2.75, 3.05) is 24.3 Å². The molecule has 1 N–H and O–H groups in total. The number of nitrogens with one attached hydrogen (secondary N) is 1. The van der Waals surface area contributed by atoms with Crippen LogP contribution in [0.1, 0.15) is 50.0 Å². The Morgan fingerprint density at radius 3 is 2.70 bits per heavy atom. The minimum Gasteiger partial charge on any atom is -0.441 e. The van der Waals surface area contributed by atoms with Gasteiger partial charge in [-0.05, 0) is 62.5 Å². The zero-order valence-electron chi connectivity index (χ0n) is 17.9. The molecule has 164 valence electrons. The highest BCUT2D eigenvalue weighted by molar-refractivity contribution is 8.00. The van der Waals surface area contributed by atoms with E-state index in [0.29, 0.717) is 17.4 Å². The lowest BCUT2D eigenvalue weighted by atomic mass is 10.0. The van der Waals surface area contributed by atoms with E-state index in [0.717, 1.165) is 41.0 Å². The minimum absolute atomic E-state index is 0.108. The lowest BCUT2D eigenvalue weighted by Crippen LogP contribution is -2.26. The van der Waals surface area contributed by atoms with E-state index in [1.165, 1.54) is 37.0 Å². The highest BCUT2D eigenvalue weighted by Gasteiger charge is 2.14. The van der Waals surface area contributed by atoms with Crippen molar-refractivity contribution in [1.29, 1.82) is 0 Å². The molecule has 1 saturated carbocycles. The Morgan fingerprint density at radius 2 is 1.97 bits per heavy atom. The molecule has 0 radical (unpaired) electrons. The summed E-state index contributed by atoms with van der Waals surface area (Å²) >= 11 is 5.39. The fraction of sp³-hybridized carbons (Fsp3) is 0.565. The number of thioether (sulfide) groups is 3. The van der Waals surface area contributed by atoms with Gasteiger partial charge >= 0.3 is 0 Å². The Labute approximate surface area is 193 Å². The second kappa shape index (κ2) is 12.7. The van der Waals surface area contributed by atoms with Crippen molar-refractivity contribution < 1.29 is 9.21 Å². The van der Waals surface area contributed by atoms with Gasteiger partial charge < -0.3 is 9.73 Å². The number of amides is 1. The number of benzene rings is 1. The maximum Gasteiger partial charge on any atom is 0.230 e. The first-order valence-corrected chi connectivity index (χ1v) is 14.2. The number of rotatable bonds is 11. The quantitative estimate of drug-likeness (QED) is 0.317. The van der Waals surface area contributed by atoms with Gasteiger partial charge in [-0.15, -0.1) is 23.5 Å². The van der Waals surface area contributed by atoms with Crippen LogP contribution in [0.2, 0.25) is 0 Å². The maximum atomic E-state index is 12.1. The number of oxazole rings is 1. The van der Waals surface area contributed by atoms with E-state index in [1.54, 1.807) is 23.5 Å². The van der Waals surface area contributed by atoms with Crippen LogP contribution in [0.25, 0.3) is 11.5 Å². The molecule has 1 aliphatic rings. The van der Waals surface area contributed by atoms with E-state index >= 15 is 0 Å². The van der Waals surface area contributed by atoms with Crippen LogP contribution in [0.15, 0.2) is 33.6 Å². The molecule has 0 unspecified atom stereocenters. The number of carbonyl (C=O) groups is 1. The lowest BCUT2D eigenvalue weighted by molar-refractivity contribution is -0.118. The van der Waals surface area contributed by atoms with Gasteiger partial charge in [0.2, 0.25) is 11.8 Å². The van der Waals surface area contributed by atoms with Gasteiger partial charge in [-0.3, -0.25) is 4.79 Å². The van der Waals surface area contributed by atoms with Gasteiger partial charge in [0.25, 0.3) is 0 Å². The first-order valence-electron chi connectivity index (χ1n) is 10.7. The fourth-order valence-corrected chi connectivity index (χ4v) is 6.06. The third kappa shape index (κ3) is 7.57. The number of aromatic nitrogens is 1. The Kier molecular flexibility index (Phi) is 10.0. The summed E-state index contributed by atoms with van der Waals surface area (Å²) in [6, 6.07) is 8.22. The monoisotopic (exact) mass is 464 g/mol. The molecule has 0 spiro atoms. The maximum absolute atomic E-state index is 12.1. The van der Waals surface area contributed by atoms with Crippen LogP contribution in [0.4, 0.5) is 0 Å². The Morgan fingerprint density at radius 1 is 1.20 bits per heavy atom. The van der Waals surface area contributed by atoms with Crippen LogP contribution in [0, 0.1) is 6.92 Å². The van der Waals surface area contributed by atoms with E-state index < -0.39 is 0 Å². The van der Waals surface area contributed by atoms with E-state index in [2.05, 4.69) is 40.5 Å². The molecule has 1 fully saturated rings. The fourth-order valence-electron chi connectivity index (χ4n) is 3.49. The zero-order chi connectivity index (χ0) is 21.2. The van der Waals surface area contributed by atoms with Crippen molar-refractivity contribution >= 4 is 41.2 Å².